The van der Waals surface area contributed by atoms with E-state index in [0.29, 0.717) is 23.6 Å². The smallest absolute Gasteiger partial charge is 0.287 e. The molecule has 2 aromatic carbocycles. The van der Waals surface area contributed by atoms with Gasteiger partial charge in [-0.3, -0.25) is 9.69 Å². The number of nitriles is 1. The van der Waals surface area contributed by atoms with Gasteiger partial charge in [0.1, 0.15) is 24.2 Å². The van der Waals surface area contributed by atoms with Crippen LogP contribution in [0.5, 0.6) is 5.75 Å². The van der Waals surface area contributed by atoms with Crippen LogP contribution in [0.1, 0.15) is 51.9 Å². The van der Waals surface area contributed by atoms with Gasteiger partial charge in [-0.2, -0.15) is 5.26 Å². The van der Waals surface area contributed by atoms with Crippen molar-refractivity contribution in [2.45, 2.75) is 32.4 Å². The topological polar surface area (TPSA) is 78.5 Å². The normalized spacial score (nSPS) is 14.6. The monoisotopic (exact) mass is 429 g/mol. The lowest BCUT2D eigenvalue weighted by Crippen LogP contribution is -2.36. The third kappa shape index (κ3) is 5.19. The van der Waals surface area contributed by atoms with E-state index >= 15 is 0 Å². The number of rotatable bonds is 8. The van der Waals surface area contributed by atoms with Crippen LogP contribution in [0.3, 0.4) is 0 Å². The highest BCUT2D eigenvalue weighted by molar-refractivity contribution is 5.91. The summed E-state index contributed by atoms with van der Waals surface area (Å²) in [6.45, 7) is 4.82. The number of nitrogens with zero attached hydrogens (tertiary/aromatic N) is 2. The molecule has 1 fully saturated rings. The van der Waals surface area contributed by atoms with Crippen LogP contribution >= 0.6 is 0 Å². The minimum Gasteiger partial charge on any atom is -0.484 e. The second-order valence-corrected chi connectivity index (χ2v) is 8.04. The Balaban J connectivity index is 1.37. The highest BCUT2D eigenvalue weighted by Crippen LogP contribution is 2.25. The largest absolute Gasteiger partial charge is 0.484 e. The molecular formula is C26H27N3O3. The Morgan fingerprint density at radius 2 is 1.88 bits per heavy atom. The number of likely N-dealkylation sites (tertiary alicyclic amines) is 1. The number of hydrogen-bond acceptors (Lipinski definition) is 5. The standard InChI is InChI=1S/C26H27N3O3/c1-19-8-10-20(11-9-19)23(29-14-4-5-15-29)17-28-26(30)25-13-12-22(32-25)18-31-24-7-3-2-6-21(24)16-27/h2-3,6-13,23H,4-5,14-15,17-18H2,1H3,(H,28,30). The van der Waals surface area contributed by atoms with Crippen LogP contribution in [0.15, 0.2) is 65.1 Å². The fourth-order valence-corrected chi connectivity index (χ4v) is 3.99. The second-order valence-electron chi connectivity index (χ2n) is 8.04. The first-order valence-corrected chi connectivity index (χ1v) is 10.9. The molecule has 164 valence electrons. The average Bonchev–Trinajstić information content (AvgIpc) is 3.52. The Bertz CT molecular complexity index is 1090. The predicted molar refractivity (Wildman–Crippen MR) is 121 cm³/mol. The molecule has 0 spiro atoms. The lowest BCUT2D eigenvalue weighted by molar-refractivity contribution is 0.0906. The SMILES string of the molecule is Cc1ccc(C(CNC(=O)c2ccc(COc3ccccc3C#N)o2)N2CCCC2)cc1. The summed E-state index contributed by atoms with van der Waals surface area (Å²) < 4.78 is 11.4. The van der Waals surface area contributed by atoms with E-state index in [0.717, 1.165) is 13.1 Å². The van der Waals surface area contributed by atoms with Gasteiger partial charge in [0.05, 0.1) is 11.6 Å². The van der Waals surface area contributed by atoms with Crippen molar-refractivity contribution in [1.82, 2.24) is 10.2 Å². The maximum atomic E-state index is 12.7. The van der Waals surface area contributed by atoms with Crippen molar-refractivity contribution in [3.63, 3.8) is 0 Å². The summed E-state index contributed by atoms with van der Waals surface area (Å²) in [6, 6.07) is 21.2. The van der Waals surface area contributed by atoms with Crippen LogP contribution in [-0.4, -0.2) is 30.4 Å². The van der Waals surface area contributed by atoms with Gasteiger partial charge in [-0.1, -0.05) is 42.0 Å². The van der Waals surface area contributed by atoms with Crippen molar-refractivity contribution in [1.29, 1.82) is 5.26 Å². The molecule has 1 N–H and O–H groups in total. The number of nitrogens with one attached hydrogen (secondary N) is 1. The van der Waals surface area contributed by atoms with Gasteiger partial charge in [-0.25, -0.2) is 0 Å². The molecule has 0 aliphatic carbocycles. The van der Waals surface area contributed by atoms with Gasteiger partial charge in [0, 0.05) is 6.54 Å². The van der Waals surface area contributed by atoms with E-state index in [1.54, 1.807) is 30.3 Å². The molecule has 6 nitrogen and oxygen atoms in total. The number of amides is 1. The van der Waals surface area contributed by atoms with Crippen LogP contribution in [0.2, 0.25) is 0 Å². The number of hydrogen-bond donors (Lipinski definition) is 1. The molecule has 1 aliphatic rings. The average molecular weight is 430 g/mol. The molecule has 1 aliphatic heterocycles. The number of carbonyl (C=O) groups excluding carboxylic acids is 1. The number of ether oxygens (including phenoxy) is 1. The first-order chi connectivity index (χ1) is 15.6. The molecule has 1 saturated heterocycles. The zero-order valence-electron chi connectivity index (χ0n) is 18.2. The van der Waals surface area contributed by atoms with Crippen LogP contribution in [0.4, 0.5) is 0 Å². The Morgan fingerprint density at radius 3 is 2.62 bits per heavy atom. The summed E-state index contributed by atoms with van der Waals surface area (Å²) in [4.78, 5) is 15.2. The Labute approximate surface area is 188 Å². The Kier molecular flexibility index (Phi) is 6.88. The van der Waals surface area contributed by atoms with E-state index < -0.39 is 0 Å². The number of carbonyl (C=O) groups is 1. The summed E-state index contributed by atoms with van der Waals surface area (Å²) in [5.74, 6) is 1.02. The van der Waals surface area contributed by atoms with Crippen molar-refractivity contribution in [3.05, 3.63) is 88.9 Å². The van der Waals surface area contributed by atoms with E-state index in [1.165, 1.54) is 24.0 Å². The van der Waals surface area contributed by atoms with Crippen LogP contribution in [0, 0.1) is 18.3 Å². The fraction of sp³-hybridized carbons (Fsp3) is 0.308. The van der Waals surface area contributed by atoms with Crippen LogP contribution < -0.4 is 10.1 Å². The minimum atomic E-state index is -0.245. The summed E-state index contributed by atoms with van der Waals surface area (Å²) in [5.41, 5.74) is 2.89. The van der Waals surface area contributed by atoms with Crippen molar-refractivity contribution in [3.8, 4) is 11.8 Å². The lowest BCUT2D eigenvalue weighted by atomic mass is 10.0. The van der Waals surface area contributed by atoms with Crippen molar-refractivity contribution in [2.24, 2.45) is 0 Å². The quantitative estimate of drug-likeness (QED) is 0.566. The number of furan rings is 1. The number of benzene rings is 2. The van der Waals surface area contributed by atoms with Gasteiger partial charge in [0.25, 0.3) is 5.91 Å². The van der Waals surface area contributed by atoms with Crippen LogP contribution in [-0.2, 0) is 6.61 Å². The molecule has 1 atom stereocenters. The first-order valence-electron chi connectivity index (χ1n) is 10.9. The molecule has 0 saturated carbocycles. The van der Waals surface area contributed by atoms with Crippen LogP contribution in [0.25, 0.3) is 0 Å². The van der Waals surface area contributed by atoms with E-state index in [9.17, 15) is 4.79 Å². The zero-order chi connectivity index (χ0) is 22.3. The van der Waals surface area contributed by atoms with E-state index in [4.69, 9.17) is 14.4 Å². The predicted octanol–water partition coefficient (Wildman–Crippen LogP) is 4.61. The highest BCUT2D eigenvalue weighted by Gasteiger charge is 2.24. The minimum absolute atomic E-state index is 0.141. The summed E-state index contributed by atoms with van der Waals surface area (Å²) in [7, 11) is 0. The molecule has 1 aromatic heterocycles. The second kappa shape index (κ2) is 10.2. The Hall–Kier alpha value is -3.56. The number of aryl methyl sites for hydroxylation is 1. The third-order valence-corrected chi connectivity index (χ3v) is 5.76. The molecule has 2 heterocycles. The van der Waals surface area contributed by atoms with E-state index in [2.05, 4.69) is 47.5 Å². The summed E-state index contributed by atoms with van der Waals surface area (Å²) >= 11 is 0. The zero-order valence-corrected chi connectivity index (χ0v) is 18.2. The van der Waals surface area contributed by atoms with Gasteiger partial charge >= 0.3 is 0 Å². The molecule has 6 heteroatoms. The van der Waals surface area contributed by atoms with Gasteiger partial charge in [-0.05, 0) is 62.7 Å². The summed E-state index contributed by atoms with van der Waals surface area (Å²) in [5, 5.41) is 12.2. The molecule has 1 amide bonds. The van der Waals surface area contributed by atoms with Crippen molar-refractivity contribution < 1.29 is 13.9 Å². The molecule has 32 heavy (non-hydrogen) atoms. The van der Waals surface area contributed by atoms with Gasteiger partial charge in [0.15, 0.2) is 5.76 Å². The molecule has 3 aromatic rings. The van der Waals surface area contributed by atoms with E-state index in [1.807, 2.05) is 6.07 Å². The first kappa shape index (κ1) is 21.7. The van der Waals surface area contributed by atoms with Gasteiger partial charge in [-0.15, -0.1) is 0 Å². The van der Waals surface area contributed by atoms with Crippen molar-refractivity contribution in [2.75, 3.05) is 19.6 Å². The highest BCUT2D eigenvalue weighted by atomic mass is 16.5. The molecule has 0 bridgehead atoms. The molecular weight excluding hydrogens is 402 g/mol. The maximum absolute atomic E-state index is 12.7. The lowest BCUT2D eigenvalue weighted by Gasteiger charge is -2.28. The molecule has 4 rings (SSSR count). The van der Waals surface area contributed by atoms with E-state index in [-0.39, 0.29) is 24.3 Å². The molecule has 0 radical (unpaired) electrons. The van der Waals surface area contributed by atoms with Crippen molar-refractivity contribution >= 4 is 5.91 Å². The Morgan fingerprint density at radius 1 is 1.12 bits per heavy atom. The number of para-hydroxylation sites is 1. The maximum Gasteiger partial charge on any atom is 0.287 e. The third-order valence-electron chi connectivity index (χ3n) is 5.76. The summed E-state index contributed by atoms with van der Waals surface area (Å²) in [6.07, 6.45) is 2.37. The van der Waals surface area contributed by atoms with Gasteiger partial charge < -0.3 is 14.5 Å². The fourth-order valence-electron chi connectivity index (χ4n) is 3.99. The van der Waals surface area contributed by atoms with Gasteiger partial charge in [0.2, 0.25) is 0 Å². The molecule has 1 unspecified atom stereocenters.